The van der Waals surface area contributed by atoms with Gasteiger partial charge in [0.1, 0.15) is 5.78 Å². The number of Topliss-reactive ketones (excluding diaryl/α,β-unsaturated/α-hetero) is 1. The van der Waals surface area contributed by atoms with Gasteiger partial charge in [0.15, 0.2) is 0 Å². The first-order chi connectivity index (χ1) is 5.73. The fourth-order valence-electron chi connectivity index (χ4n) is 2.20. The highest BCUT2D eigenvalue weighted by atomic mass is 32.2. The highest BCUT2D eigenvalue weighted by Crippen LogP contribution is 2.38. The van der Waals surface area contributed by atoms with E-state index in [1.54, 1.807) is 0 Å². The van der Waals surface area contributed by atoms with E-state index in [0.29, 0.717) is 5.78 Å². The van der Waals surface area contributed by atoms with Gasteiger partial charge in [-0.1, -0.05) is 0 Å². The zero-order valence-electron chi connectivity index (χ0n) is 7.51. The summed E-state index contributed by atoms with van der Waals surface area (Å²) in [5.74, 6) is 2.63. The van der Waals surface area contributed by atoms with Gasteiger partial charge in [0.25, 0.3) is 0 Å². The van der Waals surface area contributed by atoms with Crippen LogP contribution in [-0.4, -0.2) is 42.3 Å². The Balaban J connectivity index is 2.13. The van der Waals surface area contributed by atoms with Crippen molar-refractivity contribution in [3.05, 3.63) is 0 Å². The van der Waals surface area contributed by atoms with E-state index in [1.165, 1.54) is 0 Å². The van der Waals surface area contributed by atoms with Gasteiger partial charge < -0.3 is 4.90 Å². The minimum absolute atomic E-state index is 0.0532. The molecule has 12 heavy (non-hydrogen) atoms. The lowest BCUT2D eigenvalue weighted by atomic mass is 9.83. The average Bonchev–Trinajstić information content (AvgIpc) is 2.41. The zero-order valence-corrected chi connectivity index (χ0v) is 8.32. The fourth-order valence-corrected chi connectivity index (χ4v) is 3.46. The van der Waals surface area contributed by atoms with Gasteiger partial charge in [-0.05, 0) is 20.0 Å². The van der Waals surface area contributed by atoms with Crippen LogP contribution in [0.2, 0.25) is 0 Å². The van der Waals surface area contributed by atoms with Gasteiger partial charge in [0.2, 0.25) is 0 Å². The van der Waals surface area contributed by atoms with Crippen molar-refractivity contribution in [3.8, 4) is 0 Å². The molecule has 2 fully saturated rings. The molecule has 2 aliphatic rings. The maximum atomic E-state index is 11.7. The smallest absolute Gasteiger partial charge is 0.142 e. The molecular weight excluding hydrogens is 170 g/mol. The second kappa shape index (κ2) is 3.04. The van der Waals surface area contributed by atoms with Crippen LogP contribution < -0.4 is 0 Å². The van der Waals surface area contributed by atoms with Crippen LogP contribution in [0, 0.1) is 5.41 Å². The summed E-state index contributed by atoms with van der Waals surface area (Å²) in [6, 6.07) is 0. The van der Waals surface area contributed by atoms with E-state index in [2.05, 4.69) is 11.9 Å². The summed E-state index contributed by atoms with van der Waals surface area (Å²) in [7, 11) is 2.11. The molecule has 2 heterocycles. The van der Waals surface area contributed by atoms with Crippen LogP contribution in [-0.2, 0) is 4.79 Å². The van der Waals surface area contributed by atoms with Crippen molar-refractivity contribution in [2.24, 2.45) is 5.41 Å². The van der Waals surface area contributed by atoms with Crippen LogP contribution in [0.5, 0.6) is 0 Å². The molecule has 1 spiro atoms. The maximum absolute atomic E-state index is 11.7. The van der Waals surface area contributed by atoms with Crippen molar-refractivity contribution in [2.75, 3.05) is 31.6 Å². The number of carbonyl (C=O) groups is 1. The van der Waals surface area contributed by atoms with Crippen LogP contribution in [0.4, 0.5) is 0 Å². The van der Waals surface area contributed by atoms with Crippen molar-refractivity contribution in [1.82, 2.24) is 4.90 Å². The summed E-state index contributed by atoms with van der Waals surface area (Å²) in [5, 5.41) is 0. The largest absolute Gasteiger partial charge is 0.305 e. The zero-order chi connectivity index (χ0) is 8.60. The number of nitrogens with zero attached hydrogens (tertiary/aromatic N) is 1. The molecule has 2 aliphatic heterocycles. The van der Waals surface area contributed by atoms with Crippen LogP contribution in [0.1, 0.15) is 12.8 Å². The lowest BCUT2D eigenvalue weighted by Crippen LogP contribution is -2.39. The molecule has 0 saturated carbocycles. The number of hydrogen-bond donors (Lipinski definition) is 0. The summed E-state index contributed by atoms with van der Waals surface area (Å²) < 4.78 is 0. The van der Waals surface area contributed by atoms with Gasteiger partial charge in [0.05, 0.1) is 5.41 Å². The Kier molecular flexibility index (Phi) is 2.17. The quantitative estimate of drug-likeness (QED) is 0.562. The van der Waals surface area contributed by atoms with Gasteiger partial charge in [-0.2, -0.15) is 11.8 Å². The molecule has 0 aliphatic carbocycles. The molecule has 0 bridgehead atoms. The van der Waals surface area contributed by atoms with Crippen LogP contribution in [0.25, 0.3) is 0 Å². The first-order valence-corrected chi connectivity index (χ1v) is 5.68. The lowest BCUT2D eigenvalue weighted by molar-refractivity contribution is -0.126. The third-order valence-corrected chi connectivity index (χ3v) is 4.24. The van der Waals surface area contributed by atoms with Crippen molar-refractivity contribution < 1.29 is 4.79 Å². The van der Waals surface area contributed by atoms with Crippen molar-refractivity contribution in [1.29, 1.82) is 0 Å². The number of likely N-dealkylation sites (tertiary alicyclic amines) is 1. The molecule has 68 valence electrons. The van der Waals surface area contributed by atoms with Crippen molar-refractivity contribution >= 4 is 17.5 Å². The molecule has 0 aromatic rings. The minimum atomic E-state index is 0.0532. The molecule has 0 aromatic carbocycles. The molecule has 2 nitrogen and oxygen atoms in total. The molecule has 0 N–H and O–H groups in total. The standard InChI is InChI=1S/C9H15NOS/c1-10-4-3-9(6-10)7-12-5-2-8(9)11/h2-7H2,1H3. The predicted molar refractivity (Wildman–Crippen MR) is 51.5 cm³/mol. The van der Waals surface area contributed by atoms with E-state index < -0.39 is 0 Å². The Bertz CT molecular complexity index is 203. The summed E-state index contributed by atoms with van der Waals surface area (Å²) in [5.41, 5.74) is 0.0532. The number of thioether (sulfide) groups is 1. The topological polar surface area (TPSA) is 20.3 Å². The molecule has 2 rings (SSSR count). The molecule has 0 radical (unpaired) electrons. The van der Waals surface area contributed by atoms with E-state index in [9.17, 15) is 4.79 Å². The predicted octanol–water partition coefficient (Wildman–Crippen LogP) is 1.01. The van der Waals surface area contributed by atoms with Crippen LogP contribution >= 0.6 is 11.8 Å². The lowest BCUT2D eigenvalue weighted by Gasteiger charge is -2.30. The molecule has 1 atom stereocenters. The van der Waals surface area contributed by atoms with Gasteiger partial charge in [0, 0.05) is 24.5 Å². The number of hydrogen-bond acceptors (Lipinski definition) is 3. The second-order valence-electron chi connectivity index (χ2n) is 3.99. The molecule has 0 aromatic heterocycles. The first-order valence-electron chi connectivity index (χ1n) is 4.53. The van der Waals surface area contributed by atoms with Crippen molar-refractivity contribution in [2.45, 2.75) is 12.8 Å². The maximum Gasteiger partial charge on any atom is 0.142 e. The van der Waals surface area contributed by atoms with Crippen LogP contribution in [0.3, 0.4) is 0 Å². The highest BCUT2D eigenvalue weighted by Gasteiger charge is 2.44. The molecule has 1 unspecified atom stereocenters. The Morgan fingerprint density at radius 1 is 1.58 bits per heavy atom. The monoisotopic (exact) mass is 185 g/mol. The second-order valence-corrected chi connectivity index (χ2v) is 5.10. The Labute approximate surface area is 77.7 Å². The Morgan fingerprint density at radius 2 is 2.42 bits per heavy atom. The third kappa shape index (κ3) is 1.29. The van der Waals surface area contributed by atoms with Gasteiger partial charge in [-0.15, -0.1) is 0 Å². The first kappa shape index (κ1) is 8.57. The van der Waals surface area contributed by atoms with Gasteiger partial charge >= 0.3 is 0 Å². The van der Waals surface area contributed by atoms with E-state index in [4.69, 9.17) is 0 Å². The molecule has 2 saturated heterocycles. The summed E-state index contributed by atoms with van der Waals surface area (Å²) in [4.78, 5) is 14.0. The minimum Gasteiger partial charge on any atom is -0.305 e. The van der Waals surface area contributed by atoms with E-state index in [1.807, 2.05) is 11.8 Å². The Hall–Kier alpha value is -0.0200. The third-order valence-electron chi connectivity index (χ3n) is 2.99. The Morgan fingerprint density at radius 3 is 3.00 bits per heavy atom. The van der Waals surface area contributed by atoms with E-state index in [-0.39, 0.29) is 5.41 Å². The summed E-state index contributed by atoms with van der Waals surface area (Å²) >= 11 is 1.95. The fraction of sp³-hybridized carbons (Fsp3) is 0.889. The number of carbonyl (C=O) groups excluding carboxylic acids is 1. The number of ketones is 1. The molecular formula is C9H15NOS. The van der Waals surface area contributed by atoms with E-state index >= 15 is 0 Å². The number of rotatable bonds is 0. The van der Waals surface area contributed by atoms with Crippen LogP contribution in [0.15, 0.2) is 0 Å². The van der Waals surface area contributed by atoms with Gasteiger partial charge in [-0.3, -0.25) is 4.79 Å². The molecule has 3 heteroatoms. The summed E-state index contributed by atoms with van der Waals surface area (Å²) in [6.07, 6.45) is 1.90. The molecule has 0 amide bonds. The SMILES string of the molecule is CN1CCC2(CSCCC2=O)C1. The van der Waals surface area contributed by atoms with Crippen molar-refractivity contribution in [3.63, 3.8) is 0 Å². The van der Waals surface area contributed by atoms with E-state index in [0.717, 1.165) is 37.4 Å². The normalized spacial score (nSPS) is 37.9. The van der Waals surface area contributed by atoms with Gasteiger partial charge in [-0.25, -0.2) is 0 Å². The average molecular weight is 185 g/mol. The summed E-state index contributed by atoms with van der Waals surface area (Å²) in [6.45, 7) is 2.10. The highest BCUT2D eigenvalue weighted by molar-refractivity contribution is 7.99.